The highest BCUT2D eigenvalue weighted by molar-refractivity contribution is 6.30. The van der Waals surface area contributed by atoms with E-state index >= 15 is 0 Å². The maximum absolute atomic E-state index is 12.4. The monoisotopic (exact) mass is 387 g/mol. The highest BCUT2D eigenvalue weighted by Crippen LogP contribution is 2.31. The van der Waals surface area contributed by atoms with Gasteiger partial charge in [-0.3, -0.25) is 9.69 Å². The van der Waals surface area contributed by atoms with Gasteiger partial charge in [0.1, 0.15) is 5.75 Å². The summed E-state index contributed by atoms with van der Waals surface area (Å²) in [5, 5.41) is 3.59. The van der Waals surface area contributed by atoms with Crippen LogP contribution in [0.3, 0.4) is 0 Å². The van der Waals surface area contributed by atoms with Crippen molar-refractivity contribution < 1.29 is 9.53 Å². The molecule has 1 heterocycles. The molecule has 0 saturated carbocycles. The van der Waals surface area contributed by atoms with Gasteiger partial charge >= 0.3 is 0 Å². The first kappa shape index (κ1) is 19.7. The first-order chi connectivity index (χ1) is 13.1. The Morgan fingerprint density at radius 2 is 2.04 bits per heavy atom. The van der Waals surface area contributed by atoms with E-state index in [0.29, 0.717) is 42.2 Å². The van der Waals surface area contributed by atoms with Gasteiger partial charge in [0.2, 0.25) is 5.91 Å². The molecule has 0 radical (unpaired) electrons. The number of halogens is 1. The molecular formula is C21H26ClN3O2. The molecule has 1 amide bonds. The van der Waals surface area contributed by atoms with Gasteiger partial charge in [-0.2, -0.15) is 0 Å². The van der Waals surface area contributed by atoms with Crippen molar-refractivity contribution in [3.63, 3.8) is 0 Å². The van der Waals surface area contributed by atoms with Gasteiger partial charge in [0.05, 0.1) is 13.7 Å². The Hall–Kier alpha value is -2.08. The lowest BCUT2D eigenvalue weighted by molar-refractivity contribution is -0.122. The van der Waals surface area contributed by atoms with Crippen molar-refractivity contribution in [2.24, 2.45) is 11.7 Å². The number of ether oxygens (including phenoxy) is 1. The second kappa shape index (κ2) is 9.22. The Bertz CT molecular complexity index is 769. The van der Waals surface area contributed by atoms with E-state index in [2.05, 4.69) is 34.5 Å². The molecule has 6 heteroatoms. The number of nitrogens with zero attached hydrogens (tertiary/aromatic N) is 1. The number of carbonyl (C=O) groups excluding carboxylic acids is 1. The van der Waals surface area contributed by atoms with E-state index in [1.54, 1.807) is 19.2 Å². The van der Waals surface area contributed by atoms with E-state index in [4.69, 9.17) is 22.1 Å². The Balaban J connectivity index is 1.56. The van der Waals surface area contributed by atoms with Crippen molar-refractivity contribution in [2.45, 2.75) is 12.5 Å². The van der Waals surface area contributed by atoms with E-state index in [1.165, 1.54) is 5.56 Å². The fraction of sp³-hybridized carbons (Fsp3) is 0.381. The third-order valence-corrected chi connectivity index (χ3v) is 5.37. The molecule has 144 valence electrons. The summed E-state index contributed by atoms with van der Waals surface area (Å²) in [4.78, 5) is 14.6. The zero-order valence-electron chi connectivity index (χ0n) is 15.5. The lowest BCUT2D eigenvalue weighted by Gasteiger charge is -2.17. The van der Waals surface area contributed by atoms with E-state index < -0.39 is 0 Å². The summed E-state index contributed by atoms with van der Waals surface area (Å²) in [5.41, 5.74) is 8.14. The molecular weight excluding hydrogens is 362 g/mol. The SMILES string of the molecule is COc1ccc(Cl)cc1CNC(=O)CN1C[C@@H](CN)[C@H](c2ccccc2)C1. The number of benzene rings is 2. The zero-order valence-corrected chi connectivity index (χ0v) is 16.3. The van der Waals surface area contributed by atoms with Gasteiger partial charge in [0.15, 0.2) is 0 Å². The average Bonchev–Trinajstić information content (AvgIpc) is 3.10. The van der Waals surface area contributed by atoms with Crippen LogP contribution in [0.2, 0.25) is 5.02 Å². The van der Waals surface area contributed by atoms with Crippen LogP contribution in [0.25, 0.3) is 0 Å². The molecule has 1 saturated heterocycles. The number of rotatable bonds is 7. The van der Waals surface area contributed by atoms with Gasteiger partial charge in [-0.1, -0.05) is 41.9 Å². The normalized spacial score (nSPS) is 19.8. The minimum absolute atomic E-state index is 0.0125. The third kappa shape index (κ3) is 5.01. The molecule has 5 nitrogen and oxygen atoms in total. The fourth-order valence-electron chi connectivity index (χ4n) is 3.74. The van der Waals surface area contributed by atoms with Gasteiger partial charge in [0, 0.05) is 36.1 Å². The number of methoxy groups -OCH3 is 1. The molecule has 2 aromatic carbocycles. The summed E-state index contributed by atoms with van der Waals surface area (Å²) < 4.78 is 5.32. The smallest absolute Gasteiger partial charge is 0.234 e. The topological polar surface area (TPSA) is 67.6 Å². The molecule has 2 atom stereocenters. The molecule has 2 aromatic rings. The van der Waals surface area contributed by atoms with Crippen LogP contribution in [0.5, 0.6) is 5.75 Å². The second-order valence-electron chi connectivity index (χ2n) is 6.94. The maximum Gasteiger partial charge on any atom is 0.234 e. The number of carbonyl (C=O) groups is 1. The average molecular weight is 388 g/mol. The standard InChI is InChI=1S/C21H26ClN3O2/c1-27-20-8-7-18(22)9-16(20)11-24-21(26)14-25-12-17(10-23)19(13-25)15-5-3-2-4-6-15/h2-9,17,19H,10-14,23H2,1H3,(H,24,26)/t17-,19+/m1/s1. The molecule has 0 aliphatic carbocycles. The third-order valence-electron chi connectivity index (χ3n) is 5.13. The van der Waals surface area contributed by atoms with Gasteiger partial charge in [-0.25, -0.2) is 0 Å². The van der Waals surface area contributed by atoms with E-state index in [9.17, 15) is 4.79 Å². The van der Waals surface area contributed by atoms with Crippen LogP contribution in [0.1, 0.15) is 17.0 Å². The van der Waals surface area contributed by atoms with Crippen LogP contribution in [0.15, 0.2) is 48.5 Å². The molecule has 1 aliphatic rings. The van der Waals surface area contributed by atoms with Crippen LogP contribution in [0.4, 0.5) is 0 Å². The highest BCUT2D eigenvalue weighted by Gasteiger charge is 2.33. The molecule has 1 fully saturated rings. The van der Waals surface area contributed by atoms with E-state index in [1.807, 2.05) is 12.1 Å². The second-order valence-corrected chi connectivity index (χ2v) is 7.38. The Kier molecular flexibility index (Phi) is 6.72. The summed E-state index contributed by atoms with van der Waals surface area (Å²) in [6.07, 6.45) is 0. The molecule has 0 unspecified atom stereocenters. The predicted octanol–water partition coefficient (Wildman–Crippen LogP) is 2.64. The number of hydrogen-bond donors (Lipinski definition) is 2. The van der Waals surface area contributed by atoms with Crippen molar-refractivity contribution in [1.29, 1.82) is 0 Å². The summed E-state index contributed by atoms with van der Waals surface area (Å²) in [7, 11) is 1.61. The molecule has 1 aliphatic heterocycles. The minimum Gasteiger partial charge on any atom is -0.496 e. The van der Waals surface area contributed by atoms with Gasteiger partial charge < -0.3 is 15.8 Å². The number of nitrogens with one attached hydrogen (secondary N) is 1. The minimum atomic E-state index is -0.0125. The lowest BCUT2D eigenvalue weighted by Crippen LogP contribution is -2.36. The summed E-state index contributed by atoms with van der Waals surface area (Å²) >= 11 is 6.04. The van der Waals surface area contributed by atoms with Crippen molar-refractivity contribution in [1.82, 2.24) is 10.2 Å². The molecule has 0 aromatic heterocycles. The number of nitrogens with two attached hydrogens (primary N) is 1. The van der Waals surface area contributed by atoms with Gasteiger partial charge in [-0.05, 0) is 36.2 Å². The van der Waals surface area contributed by atoms with Gasteiger partial charge in [0.25, 0.3) is 0 Å². The molecule has 3 N–H and O–H groups in total. The van der Waals surface area contributed by atoms with Crippen LogP contribution >= 0.6 is 11.6 Å². The largest absolute Gasteiger partial charge is 0.496 e. The fourth-order valence-corrected chi connectivity index (χ4v) is 3.94. The Labute approximate surface area is 165 Å². The van der Waals surface area contributed by atoms with Crippen LogP contribution in [-0.4, -0.2) is 44.1 Å². The lowest BCUT2D eigenvalue weighted by atomic mass is 9.89. The highest BCUT2D eigenvalue weighted by atomic mass is 35.5. The maximum atomic E-state index is 12.4. The molecule has 0 spiro atoms. The van der Waals surface area contributed by atoms with Crippen molar-refractivity contribution in [3.05, 3.63) is 64.7 Å². The van der Waals surface area contributed by atoms with Crippen LogP contribution in [0, 0.1) is 5.92 Å². The molecule has 3 rings (SSSR count). The van der Waals surface area contributed by atoms with Crippen molar-refractivity contribution in [2.75, 3.05) is 33.3 Å². The Morgan fingerprint density at radius 1 is 1.26 bits per heavy atom. The van der Waals surface area contributed by atoms with E-state index in [0.717, 1.165) is 18.7 Å². The summed E-state index contributed by atoms with van der Waals surface area (Å²) in [6.45, 7) is 3.06. The molecule has 27 heavy (non-hydrogen) atoms. The predicted molar refractivity (Wildman–Crippen MR) is 108 cm³/mol. The summed E-state index contributed by atoms with van der Waals surface area (Å²) in [6, 6.07) is 15.8. The number of amides is 1. The van der Waals surface area contributed by atoms with Crippen molar-refractivity contribution in [3.8, 4) is 5.75 Å². The van der Waals surface area contributed by atoms with Crippen LogP contribution in [-0.2, 0) is 11.3 Å². The van der Waals surface area contributed by atoms with E-state index in [-0.39, 0.29) is 5.91 Å². The quantitative estimate of drug-likeness (QED) is 0.766. The van der Waals surface area contributed by atoms with Gasteiger partial charge in [-0.15, -0.1) is 0 Å². The first-order valence-electron chi connectivity index (χ1n) is 9.17. The summed E-state index contributed by atoms with van der Waals surface area (Å²) in [5.74, 6) is 1.44. The van der Waals surface area contributed by atoms with Crippen molar-refractivity contribution >= 4 is 17.5 Å². The molecule has 0 bridgehead atoms. The zero-order chi connectivity index (χ0) is 19.2. The number of likely N-dealkylation sites (tertiary alicyclic amines) is 1. The Morgan fingerprint density at radius 3 is 2.74 bits per heavy atom. The first-order valence-corrected chi connectivity index (χ1v) is 9.55. The number of hydrogen-bond acceptors (Lipinski definition) is 4. The van der Waals surface area contributed by atoms with Crippen LogP contribution < -0.4 is 15.8 Å².